The Hall–Kier alpha value is -4.24. The van der Waals surface area contributed by atoms with Gasteiger partial charge in [0.1, 0.15) is 35.1 Å². The molecule has 0 radical (unpaired) electrons. The molecular formula is C33H34Cl2FN9O. The van der Waals surface area contributed by atoms with E-state index in [4.69, 9.17) is 27.6 Å². The number of halogens is 3. The highest BCUT2D eigenvalue weighted by molar-refractivity contribution is 6.36. The zero-order valence-corrected chi connectivity index (χ0v) is 27.7. The van der Waals surface area contributed by atoms with Crippen LogP contribution in [0.15, 0.2) is 47.1 Å². The van der Waals surface area contributed by atoms with Crippen LogP contribution in [0.25, 0.3) is 10.9 Å². The van der Waals surface area contributed by atoms with Crippen molar-refractivity contribution in [2.24, 2.45) is 0 Å². The summed E-state index contributed by atoms with van der Waals surface area (Å²) in [6.45, 7) is 12.4. The molecule has 1 saturated heterocycles. The fourth-order valence-corrected chi connectivity index (χ4v) is 6.39. The monoisotopic (exact) mass is 661 g/mol. The number of piperidine rings is 1. The SMILES string of the molecule is Cc1nc(C(Nc2cc(Cl)c3ncc(C#N)c(Nc4ccc(F)c(Cl)c4)c3c2)c2cn(C3CCN(C(C)(C)C)CC3)nn2)c(C)o1. The molecule has 46 heavy (non-hydrogen) atoms. The highest BCUT2D eigenvalue weighted by Crippen LogP contribution is 2.38. The van der Waals surface area contributed by atoms with Gasteiger partial charge in [-0.15, -0.1) is 5.10 Å². The van der Waals surface area contributed by atoms with Gasteiger partial charge in [-0.25, -0.2) is 14.1 Å². The molecule has 0 saturated carbocycles. The van der Waals surface area contributed by atoms with Crippen LogP contribution in [0, 0.1) is 31.0 Å². The zero-order valence-electron chi connectivity index (χ0n) is 26.2. The first kappa shape index (κ1) is 31.7. The first-order valence-corrected chi connectivity index (χ1v) is 15.8. The summed E-state index contributed by atoms with van der Waals surface area (Å²) in [7, 11) is 0. The Morgan fingerprint density at radius 1 is 1.09 bits per heavy atom. The zero-order chi connectivity index (χ0) is 32.7. The van der Waals surface area contributed by atoms with Crippen LogP contribution in [0.5, 0.6) is 0 Å². The molecule has 1 unspecified atom stereocenters. The smallest absolute Gasteiger partial charge is 0.191 e. The van der Waals surface area contributed by atoms with Crippen LogP contribution in [0.1, 0.15) is 74.3 Å². The molecule has 2 aromatic carbocycles. The summed E-state index contributed by atoms with van der Waals surface area (Å²) in [6.07, 6.45) is 5.37. The predicted octanol–water partition coefficient (Wildman–Crippen LogP) is 8.13. The molecule has 1 aliphatic heterocycles. The Labute approximate surface area is 276 Å². The van der Waals surface area contributed by atoms with E-state index in [2.05, 4.69) is 62.7 Å². The summed E-state index contributed by atoms with van der Waals surface area (Å²) in [5.74, 6) is 0.641. The third kappa shape index (κ3) is 6.38. The molecule has 3 aromatic heterocycles. The number of benzene rings is 2. The Balaban J connectivity index is 1.37. The molecule has 2 N–H and O–H groups in total. The van der Waals surface area contributed by atoms with E-state index in [1.807, 2.05) is 23.9 Å². The lowest BCUT2D eigenvalue weighted by Gasteiger charge is -2.40. The maximum atomic E-state index is 13.9. The van der Waals surface area contributed by atoms with E-state index < -0.39 is 11.9 Å². The molecule has 0 aliphatic carbocycles. The van der Waals surface area contributed by atoms with Gasteiger partial charge in [0.15, 0.2) is 5.89 Å². The van der Waals surface area contributed by atoms with Gasteiger partial charge in [0.2, 0.25) is 0 Å². The standard InChI is InChI=1S/C33H34Cl2FN9O/c1-18-29(39-19(2)46-18)32(28-17-45(43-42-28)23-8-10-44(11-9-23)33(3,4)5)41-22-12-24-30(40-21-6-7-27(36)25(34)13-21)20(15-37)16-38-31(24)26(35)14-22/h6-7,12-14,16-17,23,32,41H,8-11H2,1-5H3,(H,38,40). The van der Waals surface area contributed by atoms with E-state index in [-0.39, 0.29) is 22.2 Å². The lowest BCUT2D eigenvalue weighted by Crippen LogP contribution is -2.46. The second kappa shape index (κ2) is 12.5. The van der Waals surface area contributed by atoms with Gasteiger partial charge in [0, 0.05) is 48.5 Å². The van der Waals surface area contributed by atoms with Crippen molar-refractivity contribution in [2.75, 3.05) is 23.7 Å². The van der Waals surface area contributed by atoms with Crippen molar-refractivity contribution in [3.63, 3.8) is 0 Å². The topological polar surface area (TPSA) is 121 Å². The van der Waals surface area contributed by atoms with E-state index in [9.17, 15) is 9.65 Å². The molecule has 4 heterocycles. The number of aromatic nitrogens is 5. The van der Waals surface area contributed by atoms with Crippen molar-refractivity contribution in [3.05, 3.63) is 87.2 Å². The van der Waals surface area contributed by atoms with E-state index >= 15 is 0 Å². The average molecular weight is 663 g/mol. The number of fused-ring (bicyclic) bond motifs is 1. The van der Waals surface area contributed by atoms with Crippen LogP contribution in [-0.4, -0.2) is 48.5 Å². The molecule has 1 fully saturated rings. The predicted molar refractivity (Wildman–Crippen MR) is 177 cm³/mol. The van der Waals surface area contributed by atoms with E-state index in [0.29, 0.717) is 56.0 Å². The van der Waals surface area contributed by atoms with Gasteiger partial charge in [-0.2, -0.15) is 5.26 Å². The summed E-state index contributed by atoms with van der Waals surface area (Å²) in [5.41, 5.74) is 3.83. The van der Waals surface area contributed by atoms with Crippen molar-refractivity contribution in [2.45, 2.75) is 65.1 Å². The highest BCUT2D eigenvalue weighted by atomic mass is 35.5. The van der Waals surface area contributed by atoms with Gasteiger partial charge in [-0.3, -0.25) is 9.88 Å². The normalized spacial score (nSPS) is 15.2. The van der Waals surface area contributed by atoms with Crippen LogP contribution in [-0.2, 0) is 0 Å². The Morgan fingerprint density at radius 3 is 2.48 bits per heavy atom. The molecule has 13 heteroatoms. The van der Waals surface area contributed by atoms with Crippen molar-refractivity contribution in [1.29, 1.82) is 5.26 Å². The minimum absolute atomic E-state index is 0.0452. The number of pyridine rings is 1. The third-order valence-electron chi connectivity index (χ3n) is 8.37. The molecule has 6 rings (SSSR count). The van der Waals surface area contributed by atoms with Crippen LogP contribution in [0.2, 0.25) is 10.0 Å². The third-order valence-corrected chi connectivity index (χ3v) is 8.95. The number of aryl methyl sites for hydroxylation is 2. The van der Waals surface area contributed by atoms with Gasteiger partial charge in [0.25, 0.3) is 0 Å². The average Bonchev–Trinajstić information content (AvgIpc) is 3.64. The number of likely N-dealkylation sites (tertiary alicyclic amines) is 1. The van der Waals surface area contributed by atoms with E-state index in [0.717, 1.165) is 25.9 Å². The van der Waals surface area contributed by atoms with E-state index in [1.54, 1.807) is 19.1 Å². The summed E-state index contributed by atoms with van der Waals surface area (Å²) < 4.78 is 21.6. The fraction of sp³-hybridized carbons (Fsp3) is 0.364. The maximum absolute atomic E-state index is 13.9. The molecule has 1 atom stereocenters. The lowest BCUT2D eigenvalue weighted by molar-refractivity contribution is 0.0866. The van der Waals surface area contributed by atoms with Gasteiger partial charge in [0.05, 0.1) is 39.1 Å². The van der Waals surface area contributed by atoms with E-state index in [1.165, 1.54) is 18.3 Å². The molecule has 0 spiro atoms. The lowest BCUT2D eigenvalue weighted by atomic mass is 9.98. The summed E-state index contributed by atoms with van der Waals surface area (Å²) >= 11 is 12.8. The minimum Gasteiger partial charge on any atom is -0.446 e. The number of anilines is 3. The quantitative estimate of drug-likeness (QED) is 0.178. The minimum atomic E-state index is -0.543. The van der Waals surface area contributed by atoms with Gasteiger partial charge >= 0.3 is 0 Å². The Kier molecular flexibility index (Phi) is 8.63. The summed E-state index contributed by atoms with van der Waals surface area (Å²) in [4.78, 5) is 11.6. The molecule has 238 valence electrons. The number of nitrogens with zero attached hydrogens (tertiary/aromatic N) is 7. The number of hydrogen-bond donors (Lipinski definition) is 2. The van der Waals surface area contributed by atoms with Crippen molar-refractivity contribution < 1.29 is 8.81 Å². The molecule has 5 aromatic rings. The Morgan fingerprint density at radius 2 is 1.83 bits per heavy atom. The molecule has 10 nitrogen and oxygen atoms in total. The first-order chi connectivity index (χ1) is 21.9. The fourth-order valence-electron chi connectivity index (χ4n) is 5.94. The van der Waals surface area contributed by atoms with Crippen molar-refractivity contribution >= 4 is 51.2 Å². The first-order valence-electron chi connectivity index (χ1n) is 15.0. The van der Waals surface area contributed by atoms with Gasteiger partial charge < -0.3 is 15.1 Å². The van der Waals surface area contributed by atoms with Gasteiger partial charge in [-0.05, 0) is 70.9 Å². The summed E-state index contributed by atoms with van der Waals surface area (Å²) in [5, 5.41) is 26.7. The second-order valence-corrected chi connectivity index (χ2v) is 13.3. The number of oxazole rings is 1. The molecular weight excluding hydrogens is 628 g/mol. The maximum Gasteiger partial charge on any atom is 0.191 e. The highest BCUT2D eigenvalue weighted by Gasteiger charge is 2.30. The number of rotatable bonds is 7. The molecule has 1 aliphatic rings. The number of nitriles is 1. The molecule has 0 bridgehead atoms. The second-order valence-electron chi connectivity index (χ2n) is 12.5. The molecule has 0 amide bonds. The summed E-state index contributed by atoms with van der Waals surface area (Å²) in [6, 6.07) is 9.77. The largest absolute Gasteiger partial charge is 0.446 e. The van der Waals surface area contributed by atoms with Crippen LogP contribution in [0.3, 0.4) is 0 Å². The Bertz CT molecular complexity index is 1950. The van der Waals surface area contributed by atoms with Crippen molar-refractivity contribution in [3.8, 4) is 6.07 Å². The van der Waals surface area contributed by atoms with Crippen molar-refractivity contribution in [1.82, 2.24) is 29.9 Å². The number of hydrogen-bond acceptors (Lipinski definition) is 9. The number of nitrogens with one attached hydrogen (secondary N) is 2. The van der Waals surface area contributed by atoms with Crippen LogP contribution < -0.4 is 10.6 Å². The van der Waals surface area contributed by atoms with Crippen LogP contribution in [0.4, 0.5) is 21.5 Å². The van der Waals surface area contributed by atoms with Crippen LogP contribution >= 0.6 is 23.2 Å². The van der Waals surface area contributed by atoms with Gasteiger partial charge in [-0.1, -0.05) is 28.4 Å².